The third-order valence-electron chi connectivity index (χ3n) is 8.26. The lowest BCUT2D eigenvalue weighted by atomic mass is 9.92. The summed E-state index contributed by atoms with van der Waals surface area (Å²) in [6.07, 6.45) is -2.37. The molecule has 3 fully saturated rings. The van der Waals surface area contributed by atoms with Gasteiger partial charge in [-0.25, -0.2) is 0 Å². The zero-order valence-electron chi connectivity index (χ0n) is 21.9. The van der Waals surface area contributed by atoms with Crippen molar-refractivity contribution in [3.8, 4) is 5.75 Å². The molecular formula is C27H31F3N4O6. The first kappa shape index (κ1) is 27.9. The number of halogens is 3. The van der Waals surface area contributed by atoms with E-state index in [0.717, 1.165) is 12.8 Å². The Balaban J connectivity index is 1.38. The summed E-state index contributed by atoms with van der Waals surface area (Å²) in [5, 5.41) is 5.93. The molecule has 10 nitrogen and oxygen atoms in total. The third-order valence-corrected chi connectivity index (χ3v) is 8.26. The van der Waals surface area contributed by atoms with E-state index in [-0.39, 0.29) is 29.9 Å². The molecule has 3 amide bonds. The van der Waals surface area contributed by atoms with Gasteiger partial charge in [0.15, 0.2) is 5.78 Å². The number of hydrogen-bond acceptors (Lipinski definition) is 6. The summed E-state index contributed by atoms with van der Waals surface area (Å²) in [6, 6.07) is 4.73. The number of amides is 3. The molecule has 1 saturated carbocycles. The molecule has 0 unspecified atom stereocenters. The second-order valence-corrected chi connectivity index (χ2v) is 10.6. The molecule has 216 valence electrons. The number of H-pyrrole nitrogens is 1. The Morgan fingerprint density at radius 2 is 2.00 bits per heavy atom. The quantitative estimate of drug-likeness (QED) is 0.429. The smallest absolute Gasteiger partial charge is 0.496 e. The van der Waals surface area contributed by atoms with Crippen LogP contribution in [0.5, 0.6) is 5.75 Å². The molecule has 0 radical (unpaired) electrons. The SMILES string of the molecule is COc1cccc2[nH]c(C(=O)N3C[C@@H]4CCC[C@@H]4[C@H]3C(=O)N[C@@H](C[C@@H]3CCNC3=O)C(=O)COC(F)(F)F)cc12. The van der Waals surface area contributed by atoms with Crippen LogP contribution in [-0.2, 0) is 19.1 Å². The predicted octanol–water partition coefficient (Wildman–Crippen LogP) is 2.53. The lowest BCUT2D eigenvalue weighted by molar-refractivity contribution is -0.321. The van der Waals surface area contributed by atoms with Gasteiger partial charge in [-0.15, -0.1) is 13.2 Å². The van der Waals surface area contributed by atoms with Gasteiger partial charge in [-0.1, -0.05) is 12.5 Å². The Morgan fingerprint density at radius 3 is 2.70 bits per heavy atom. The first-order valence-electron chi connectivity index (χ1n) is 13.3. The molecule has 5 rings (SSSR count). The van der Waals surface area contributed by atoms with Crippen LogP contribution in [0.1, 0.15) is 42.6 Å². The summed E-state index contributed by atoms with van der Waals surface area (Å²) in [5.41, 5.74) is 0.958. The Hall–Kier alpha value is -3.61. The lowest BCUT2D eigenvalue weighted by Crippen LogP contribution is -2.54. The van der Waals surface area contributed by atoms with Crippen molar-refractivity contribution in [3.63, 3.8) is 0 Å². The van der Waals surface area contributed by atoms with E-state index >= 15 is 0 Å². The number of methoxy groups -OCH3 is 1. The number of fused-ring (bicyclic) bond motifs is 2. The number of nitrogens with zero attached hydrogens (tertiary/aromatic N) is 1. The zero-order valence-corrected chi connectivity index (χ0v) is 21.9. The molecule has 5 atom stereocenters. The third kappa shape index (κ3) is 5.65. The molecule has 2 aliphatic heterocycles. The van der Waals surface area contributed by atoms with Crippen molar-refractivity contribution in [2.75, 3.05) is 26.8 Å². The van der Waals surface area contributed by atoms with E-state index in [1.807, 2.05) is 0 Å². The number of Topliss-reactive ketones (excluding diaryl/α,β-unsaturated/α-hetero) is 1. The Bertz CT molecular complexity index is 1310. The molecule has 2 saturated heterocycles. The average molecular weight is 565 g/mol. The highest BCUT2D eigenvalue weighted by Gasteiger charge is 2.50. The van der Waals surface area contributed by atoms with Gasteiger partial charge in [0.1, 0.15) is 24.1 Å². The molecule has 0 spiro atoms. The zero-order chi connectivity index (χ0) is 28.6. The topological polar surface area (TPSA) is 130 Å². The number of carbonyl (C=O) groups is 4. The van der Waals surface area contributed by atoms with E-state index in [0.29, 0.717) is 42.6 Å². The van der Waals surface area contributed by atoms with Crippen molar-refractivity contribution >= 4 is 34.4 Å². The summed E-state index contributed by atoms with van der Waals surface area (Å²) in [6.45, 7) is -0.574. The fourth-order valence-electron chi connectivity index (χ4n) is 6.36. The second kappa shape index (κ2) is 11.1. The van der Waals surface area contributed by atoms with Crippen LogP contribution in [0.15, 0.2) is 24.3 Å². The second-order valence-electron chi connectivity index (χ2n) is 10.6. The molecular weight excluding hydrogens is 533 g/mol. The maximum Gasteiger partial charge on any atom is 0.522 e. The summed E-state index contributed by atoms with van der Waals surface area (Å²) in [5.74, 6) is -2.47. The molecule has 1 aromatic heterocycles. The monoisotopic (exact) mass is 564 g/mol. The van der Waals surface area contributed by atoms with Crippen LogP contribution < -0.4 is 15.4 Å². The standard InChI is InChI=1S/C27H31F3N4O6/c1-39-22-7-3-6-18-17(22)11-20(32-18)26(38)34-12-15-4-2-5-16(15)23(34)25(37)33-19(10-14-8-9-31-24(14)36)21(35)13-40-27(28,29)30/h3,6-7,11,14-16,19,23,32H,2,4-5,8-10,12-13H2,1H3,(H,31,36)(H,33,37)/t14-,15-,16-,19-,23-/m0/s1. The van der Waals surface area contributed by atoms with Gasteiger partial charge in [0.25, 0.3) is 5.91 Å². The number of nitrogens with one attached hydrogen (secondary N) is 3. The number of aromatic amines is 1. The van der Waals surface area contributed by atoms with Crippen LogP contribution in [0.2, 0.25) is 0 Å². The molecule has 1 aliphatic carbocycles. The highest BCUT2D eigenvalue weighted by molar-refractivity contribution is 6.02. The molecule has 1 aromatic carbocycles. The number of carbonyl (C=O) groups excluding carboxylic acids is 4. The van der Waals surface area contributed by atoms with Gasteiger partial charge in [0.05, 0.1) is 13.2 Å². The van der Waals surface area contributed by atoms with Crippen LogP contribution in [0, 0.1) is 17.8 Å². The maximum absolute atomic E-state index is 13.7. The summed E-state index contributed by atoms with van der Waals surface area (Å²) in [4.78, 5) is 57.0. The normalized spacial score (nSPS) is 25.1. The minimum absolute atomic E-state index is 0.0851. The molecule has 2 aromatic rings. The van der Waals surface area contributed by atoms with Gasteiger partial charge in [0, 0.05) is 29.9 Å². The first-order chi connectivity index (χ1) is 19.1. The Morgan fingerprint density at radius 1 is 1.20 bits per heavy atom. The first-order valence-corrected chi connectivity index (χ1v) is 13.3. The van der Waals surface area contributed by atoms with Gasteiger partial charge in [-0.3, -0.25) is 23.9 Å². The van der Waals surface area contributed by atoms with Gasteiger partial charge in [-0.05, 0) is 55.7 Å². The summed E-state index contributed by atoms with van der Waals surface area (Å²) in [7, 11) is 1.53. The van der Waals surface area contributed by atoms with Gasteiger partial charge < -0.3 is 25.3 Å². The van der Waals surface area contributed by atoms with E-state index in [9.17, 15) is 32.3 Å². The van der Waals surface area contributed by atoms with Gasteiger partial charge in [-0.2, -0.15) is 0 Å². The average Bonchev–Trinajstić information content (AvgIpc) is 3.69. The van der Waals surface area contributed by atoms with Crippen LogP contribution in [0.25, 0.3) is 10.9 Å². The summed E-state index contributed by atoms with van der Waals surface area (Å²) < 4.78 is 47.0. The number of hydrogen-bond donors (Lipinski definition) is 3. The number of aromatic nitrogens is 1. The molecule has 3 heterocycles. The highest BCUT2D eigenvalue weighted by Crippen LogP contribution is 2.43. The minimum Gasteiger partial charge on any atom is -0.496 e. The van der Waals surface area contributed by atoms with Crippen LogP contribution >= 0.6 is 0 Å². The van der Waals surface area contributed by atoms with E-state index in [1.54, 1.807) is 24.3 Å². The van der Waals surface area contributed by atoms with Crippen LogP contribution in [-0.4, -0.2) is 78.6 Å². The minimum atomic E-state index is -5.02. The highest BCUT2D eigenvalue weighted by atomic mass is 19.4. The van der Waals surface area contributed by atoms with Crippen molar-refractivity contribution in [1.29, 1.82) is 0 Å². The van der Waals surface area contributed by atoms with E-state index < -0.39 is 48.6 Å². The van der Waals surface area contributed by atoms with Crippen molar-refractivity contribution in [3.05, 3.63) is 30.0 Å². The van der Waals surface area contributed by atoms with Crippen LogP contribution in [0.4, 0.5) is 13.2 Å². The molecule has 13 heteroatoms. The fourth-order valence-corrected chi connectivity index (χ4v) is 6.36. The van der Waals surface area contributed by atoms with Crippen molar-refractivity contribution in [2.45, 2.75) is 50.6 Å². The van der Waals surface area contributed by atoms with Crippen molar-refractivity contribution < 1.29 is 41.8 Å². The Labute approximate surface area is 227 Å². The molecule has 40 heavy (non-hydrogen) atoms. The number of likely N-dealkylation sites (tertiary alicyclic amines) is 1. The molecule has 0 bridgehead atoms. The van der Waals surface area contributed by atoms with Gasteiger partial charge >= 0.3 is 6.36 Å². The van der Waals surface area contributed by atoms with E-state index in [4.69, 9.17) is 4.74 Å². The molecule has 3 N–H and O–H groups in total. The number of alkyl halides is 3. The lowest BCUT2D eigenvalue weighted by Gasteiger charge is -2.29. The number of ether oxygens (including phenoxy) is 2. The number of rotatable bonds is 9. The summed E-state index contributed by atoms with van der Waals surface area (Å²) >= 11 is 0. The van der Waals surface area contributed by atoms with Crippen molar-refractivity contribution in [1.82, 2.24) is 20.5 Å². The van der Waals surface area contributed by atoms with Gasteiger partial charge in [0.2, 0.25) is 11.8 Å². The van der Waals surface area contributed by atoms with E-state index in [2.05, 4.69) is 20.4 Å². The van der Waals surface area contributed by atoms with Crippen LogP contribution in [0.3, 0.4) is 0 Å². The fraction of sp³-hybridized carbons (Fsp3) is 0.556. The number of ketones is 1. The Kier molecular flexibility index (Phi) is 7.76. The largest absolute Gasteiger partial charge is 0.522 e. The predicted molar refractivity (Wildman–Crippen MR) is 135 cm³/mol. The van der Waals surface area contributed by atoms with E-state index in [1.165, 1.54) is 12.0 Å². The number of benzene rings is 1. The van der Waals surface area contributed by atoms with Crippen molar-refractivity contribution in [2.24, 2.45) is 17.8 Å². The molecule has 3 aliphatic rings. The maximum atomic E-state index is 13.7.